The van der Waals surface area contributed by atoms with Gasteiger partial charge in [-0.05, 0) is 51.3 Å². The van der Waals surface area contributed by atoms with Gasteiger partial charge in [-0.3, -0.25) is 4.99 Å². The lowest BCUT2D eigenvalue weighted by molar-refractivity contribution is 0.0186. The van der Waals surface area contributed by atoms with Crippen LogP contribution in [0.1, 0.15) is 39.2 Å². The van der Waals surface area contributed by atoms with Crippen molar-refractivity contribution in [3.8, 4) is 0 Å². The molecule has 2 fully saturated rings. The second-order valence-electron chi connectivity index (χ2n) is 9.03. The molecular formula is C22H33FN4O3. The van der Waals surface area contributed by atoms with Crippen molar-refractivity contribution < 1.29 is 18.7 Å². The van der Waals surface area contributed by atoms with Gasteiger partial charge in [0.25, 0.3) is 0 Å². The first kappa shape index (κ1) is 22.3. The molecule has 3 rings (SSSR count). The van der Waals surface area contributed by atoms with E-state index in [2.05, 4.69) is 0 Å². The largest absolute Gasteiger partial charge is 0.444 e. The zero-order valence-electron chi connectivity index (χ0n) is 18.2. The predicted octanol–water partition coefficient (Wildman–Crippen LogP) is 2.74. The third-order valence-electron chi connectivity index (χ3n) is 5.71. The molecule has 2 saturated heterocycles. The van der Waals surface area contributed by atoms with Crippen molar-refractivity contribution in [3.05, 3.63) is 35.6 Å². The Morgan fingerprint density at radius 3 is 2.27 bits per heavy atom. The summed E-state index contributed by atoms with van der Waals surface area (Å²) in [5.74, 6) is 0.235. The van der Waals surface area contributed by atoms with Crippen molar-refractivity contribution >= 4 is 12.1 Å². The van der Waals surface area contributed by atoms with Crippen LogP contribution in [-0.2, 0) is 14.9 Å². The molecule has 0 unspecified atom stereocenters. The number of nitrogens with zero attached hydrogens (tertiary/aromatic N) is 3. The molecule has 2 aliphatic rings. The zero-order chi connectivity index (χ0) is 21.8. The Hall–Kier alpha value is -2.35. The third kappa shape index (κ3) is 5.62. The van der Waals surface area contributed by atoms with E-state index in [0.29, 0.717) is 51.9 Å². The Morgan fingerprint density at radius 2 is 1.70 bits per heavy atom. The van der Waals surface area contributed by atoms with Crippen LogP contribution in [0.25, 0.3) is 0 Å². The van der Waals surface area contributed by atoms with Crippen molar-refractivity contribution in [2.75, 3.05) is 45.9 Å². The molecule has 0 aliphatic carbocycles. The number of benzene rings is 1. The van der Waals surface area contributed by atoms with E-state index in [-0.39, 0.29) is 17.3 Å². The normalized spacial score (nSPS) is 20.2. The summed E-state index contributed by atoms with van der Waals surface area (Å²) in [6.07, 6.45) is 1.35. The summed E-state index contributed by atoms with van der Waals surface area (Å²) in [6, 6.07) is 6.67. The summed E-state index contributed by atoms with van der Waals surface area (Å²) in [7, 11) is 0. The van der Waals surface area contributed by atoms with Crippen LogP contribution < -0.4 is 5.73 Å². The van der Waals surface area contributed by atoms with Gasteiger partial charge in [0.05, 0.1) is 6.54 Å². The first-order valence-corrected chi connectivity index (χ1v) is 10.6. The lowest BCUT2D eigenvalue weighted by atomic mass is 9.74. The molecule has 2 aliphatic heterocycles. The number of aliphatic imine (C=N–C) groups is 1. The topological polar surface area (TPSA) is 80.4 Å². The van der Waals surface area contributed by atoms with Gasteiger partial charge in [0, 0.05) is 44.8 Å². The molecule has 0 bridgehead atoms. The van der Waals surface area contributed by atoms with E-state index >= 15 is 0 Å². The smallest absolute Gasteiger partial charge is 0.410 e. The highest BCUT2D eigenvalue weighted by Gasteiger charge is 2.35. The van der Waals surface area contributed by atoms with Gasteiger partial charge in [0.2, 0.25) is 0 Å². The maximum Gasteiger partial charge on any atom is 0.410 e. The molecule has 1 amide bonds. The summed E-state index contributed by atoms with van der Waals surface area (Å²) >= 11 is 0. The molecule has 0 atom stereocenters. The number of guanidine groups is 1. The molecule has 0 saturated carbocycles. The second kappa shape index (κ2) is 9.20. The van der Waals surface area contributed by atoms with Gasteiger partial charge in [-0.25, -0.2) is 9.18 Å². The molecular weight excluding hydrogens is 387 g/mol. The summed E-state index contributed by atoms with van der Waals surface area (Å²) in [5.41, 5.74) is 6.66. The molecule has 2 N–H and O–H groups in total. The van der Waals surface area contributed by atoms with E-state index in [1.807, 2.05) is 37.8 Å². The van der Waals surface area contributed by atoms with Gasteiger partial charge < -0.3 is 25.0 Å². The van der Waals surface area contributed by atoms with Crippen LogP contribution in [0.2, 0.25) is 0 Å². The summed E-state index contributed by atoms with van der Waals surface area (Å²) in [4.78, 5) is 20.6. The molecule has 1 aromatic carbocycles. The minimum Gasteiger partial charge on any atom is -0.444 e. The van der Waals surface area contributed by atoms with Gasteiger partial charge in [0.15, 0.2) is 5.96 Å². The molecule has 8 heteroatoms. The first-order chi connectivity index (χ1) is 14.2. The van der Waals surface area contributed by atoms with Crippen molar-refractivity contribution in [1.82, 2.24) is 9.80 Å². The highest BCUT2D eigenvalue weighted by atomic mass is 19.1. The number of carbonyl (C=O) groups is 1. The average Bonchev–Trinajstić information content (AvgIpc) is 2.72. The molecule has 1 aromatic rings. The van der Waals surface area contributed by atoms with E-state index in [1.165, 1.54) is 12.1 Å². The Bertz CT molecular complexity index is 747. The highest BCUT2D eigenvalue weighted by Crippen LogP contribution is 2.35. The maximum atomic E-state index is 13.4. The molecule has 0 spiro atoms. The van der Waals surface area contributed by atoms with Crippen LogP contribution in [0.4, 0.5) is 9.18 Å². The molecule has 7 nitrogen and oxygen atoms in total. The monoisotopic (exact) mass is 420 g/mol. The SMILES string of the molecule is CC(C)(C)OC(=O)N1CCN(C(N)=NCC2(c3ccc(F)cc3)CCOCC2)CC1. The molecule has 30 heavy (non-hydrogen) atoms. The molecule has 0 radical (unpaired) electrons. The molecule has 2 heterocycles. The third-order valence-corrected chi connectivity index (χ3v) is 5.71. The van der Waals surface area contributed by atoms with Crippen molar-refractivity contribution in [2.45, 2.75) is 44.6 Å². The molecule has 166 valence electrons. The van der Waals surface area contributed by atoms with Crippen LogP contribution in [0, 0.1) is 5.82 Å². The van der Waals surface area contributed by atoms with Crippen molar-refractivity contribution in [3.63, 3.8) is 0 Å². The molecule has 0 aromatic heterocycles. The number of hydrogen-bond acceptors (Lipinski definition) is 4. The minimum atomic E-state index is -0.507. The van der Waals surface area contributed by atoms with Gasteiger partial charge in [-0.15, -0.1) is 0 Å². The Labute approximate surface area is 178 Å². The first-order valence-electron chi connectivity index (χ1n) is 10.6. The van der Waals surface area contributed by atoms with E-state index < -0.39 is 5.60 Å². The predicted molar refractivity (Wildman–Crippen MR) is 114 cm³/mol. The van der Waals surface area contributed by atoms with E-state index in [4.69, 9.17) is 20.2 Å². The zero-order valence-corrected chi connectivity index (χ0v) is 18.2. The Morgan fingerprint density at radius 1 is 1.13 bits per heavy atom. The van der Waals surface area contributed by atoms with Crippen LogP contribution in [0.3, 0.4) is 0 Å². The van der Waals surface area contributed by atoms with Crippen LogP contribution in [-0.4, -0.2) is 73.4 Å². The van der Waals surface area contributed by atoms with Crippen molar-refractivity contribution in [2.24, 2.45) is 10.7 Å². The van der Waals surface area contributed by atoms with E-state index in [0.717, 1.165) is 18.4 Å². The van der Waals surface area contributed by atoms with Gasteiger partial charge in [-0.1, -0.05) is 12.1 Å². The number of carbonyl (C=O) groups excluding carboxylic acids is 1. The van der Waals surface area contributed by atoms with Gasteiger partial charge in [-0.2, -0.15) is 0 Å². The second-order valence-corrected chi connectivity index (χ2v) is 9.03. The Kier molecular flexibility index (Phi) is 6.85. The minimum absolute atomic E-state index is 0.199. The fourth-order valence-electron chi connectivity index (χ4n) is 3.88. The standard InChI is InChI=1S/C22H33FN4O3/c1-21(2,3)30-20(28)27-12-10-26(11-13-27)19(24)25-16-22(8-14-29-15-9-22)17-4-6-18(23)7-5-17/h4-7H,8-16H2,1-3H3,(H2,24,25). The van der Waals surface area contributed by atoms with Crippen LogP contribution in [0.5, 0.6) is 0 Å². The van der Waals surface area contributed by atoms with E-state index in [9.17, 15) is 9.18 Å². The summed E-state index contributed by atoms with van der Waals surface area (Å²) in [5, 5.41) is 0. The number of hydrogen-bond donors (Lipinski definition) is 1. The summed E-state index contributed by atoms with van der Waals surface area (Å²) in [6.45, 7) is 9.73. The number of rotatable bonds is 3. The lowest BCUT2D eigenvalue weighted by Gasteiger charge is -2.38. The number of nitrogens with two attached hydrogens (primary N) is 1. The fraction of sp³-hybridized carbons (Fsp3) is 0.636. The quantitative estimate of drug-likeness (QED) is 0.601. The van der Waals surface area contributed by atoms with Crippen LogP contribution >= 0.6 is 0 Å². The number of ether oxygens (including phenoxy) is 2. The van der Waals surface area contributed by atoms with Gasteiger partial charge in [0.1, 0.15) is 11.4 Å². The highest BCUT2D eigenvalue weighted by molar-refractivity contribution is 5.78. The van der Waals surface area contributed by atoms with Crippen LogP contribution in [0.15, 0.2) is 29.3 Å². The summed E-state index contributed by atoms with van der Waals surface area (Å²) < 4.78 is 24.4. The number of piperazine rings is 1. The average molecular weight is 421 g/mol. The van der Waals surface area contributed by atoms with Gasteiger partial charge >= 0.3 is 6.09 Å². The number of amides is 1. The fourth-order valence-corrected chi connectivity index (χ4v) is 3.88. The maximum absolute atomic E-state index is 13.4. The number of halogens is 1. The lowest BCUT2D eigenvalue weighted by Crippen LogP contribution is -2.53. The van der Waals surface area contributed by atoms with E-state index in [1.54, 1.807) is 4.90 Å². The van der Waals surface area contributed by atoms with Crippen molar-refractivity contribution in [1.29, 1.82) is 0 Å². The Balaban J connectivity index is 1.62.